The first-order valence-electron chi connectivity index (χ1n) is 14.2. The summed E-state index contributed by atoms with van der Waals surface area (Å²) in [5, 5.41) is 9.43. The molecule has 0 spiro atoms. The maximum Gasteiger partial charge on any atom is 0.410 e. The predicted octanol–water partition coefficient (Wildman–Crippen LogP) is 5.58. The molecular formula is C30H40Cl2N6O6. The molecule has 4 rings (SSSR count). The Morgan fingerprint density at radius 1 is 0.886 bits per heavy atom. The van der Waals surface area contributed by atoms with Crippen LogP contribution in [0.2, 0.25) is 10.3 Å². The molecule has 0 aromatic carbocycles. The van der Waals surface area contributed by atoms with Crippen LogP contribution in [-0.4, -0.2) is 81.5 Å². The number of nitriles is 1. The van der Waals surface area contributed by atoms with Crippen LogP contribution in [0.3, 0.4) is 0 Å². The minimum atomic E-state index is -0.514. The van der Waals surface area contributed by atoms with Crippen LogP contribution in [0.5, 0.6) is 11.5 Å². The normalized spacial score (nSPS) is 17.6. The number of carbonyl (C=O) groups excluding carboxylic acids is 2. The molecule has 2 atom stereocenters. The fraction of sp³-hybridized carbons (Fsp3) is 0.567. The van der Waals surface area contributed by atoms with E-state index in [9.17, 15) is 9.59 Å². The first kappa shape index (κ1) is 35.0. The Labute approximate surface area is 268 Å². The number of halogens is 2. The summed E-state index contributed by atoms with van der Waals surface area (Å²) in [7, 11) is 0. The minimum Gasteiger partial charge on any atom is -0.490 e. The monoisotopic (exact) mass is 650 g/mol. The van der Waals surface area contributed by atoms with Crippen LogP contribution in [0.4, 0.5) is 9.59 Å². The molecule has 0 bridgehead atoms. The van der Waals surface area contributed by atoms with Crippen molar-refractivity contribution in [1.82, 2.24) is 19.8 Å². The number of likely N-dealkylation sites (tertiary alicyclic amines) is 2. The van der Waals surface area contributed by atoms with E-state index in [-0.39, 0.29) is 35.0 Å². The fourth-order valence-corrected chi connectivity index (χ4v) is 4.34. The molecule has 240 valence electrons. The third-order valence-electron chi connectivity index (χ3n) is 6.47. The molecule has 0 radical (unpaired) electrons. The third kappa shape index (κ3) is 10.3. The summed E-state index contributed by atoms with van der Waals surface area (Å²) in [6.45, 7) is 13.4. The number of nitrogens with two attached hydrogens (primary N) is 1. The third-order valence-corrected chi connectivity index (χ3v) is 7.11. The first-order valence-corrected chi connectivity index (χ1v) is 15.0. The summed E-state index contributed by atoms with van der Waals surface area (Å²) < 4.78 is 22.0. The number of ether oxygens (including phenoxy) is 4. The van der Waals surface area contributed by atoms with E-state index in [1.807, 2.05) is 47.6 Å². The zero-order valence-electron chi connectivity index (χ0n) is 25.9. The molecule has 44 heavy (non-hydrogen) atoms. The average molecular weight is 652 g/mol. The fourth-order valence-electron chi connectivity index (χ4n) is 4.01. The molecule has 2 aromatic heterocycles. The van der Waals surface area contributed by atoms with Crippen molar-refractivity contribution in [3.8, 4) is 17.6 Å². The summed E-state index contributed by atoms with van der Waals surface area (Å²) in [6.07, 6.45) is 4.12. The van der Waals surface area contributed by atoms with Crippen molar-refractivity contribution >= 4 is 35.4 Å². The van der Waals surface area contributed by atoms with Gasteiger partial charge in [0, 0.05) is 31.3 Å². The maximum atomic E-state index is 12.0. The average Bonchev–Trinajstić information content (AvgIpc) is 2.87. The highest BCUT2D eigenvalue weighted by Gasteiger charge is 2.36. The largest absolute Gasteiger partial charge is 0.490 e. The quantitative estimate of drug-likeness (QED) is 0.376. The molecule has 4 heterocycles. The summed E-state index contributed by atoms with van der Waals surface area (Å²) in [5.41, 5.74) is 5.57. The molecule has 2 amide bonds. The highest BCUT2D eigenvalue weighted by molar-refractivity contribution is 6.30. The second kappa shape index (κ2) is 15.0. The predicted molar refractivity (Wildman–Crippen MR) is 165 cm³/mol. The van der Waals surface area contributed by atoms with Crippen LogP contribution < -0.4 is 15.2 Å². The van der Waals surface area contributed by atoms with E-state index >= 15 is 0 Å². The molecule has 2 N–H and O–H groups in total. The molecule has 14 heteroatoms. The van der Waals surface area contributed by atoms with Crippen LogP contribution in [0.25, 0.3) is 0 Å². The van der Waals surface area contributed by atoms with Crippen molar-refractivity contribution in [1.29, 1.82) is 5.26 Å². The Balaban J connectivity index is 0.000000240. The summed E-state index contributed by atoms with van der Waals surface area (Å²) >= 11 is 11.7. The molecular weight excluding hydrogens is 611 g/mol. The number of amides is 2. The zero-order valence-corrected chi connectivity index (χ0v) is 27.4. The lowest BCUT2D eigenvalue weighted by atomic mass is 10.1. The van der Waals surface area contributed by atoms with E-state index in [1.54, 1.807) is 22.1 Å². The van der Waals surface area contributed by atoms with E-state index in [0.29, 0.717) is 49.5 Å². The lowest BCUT2D eigenvalue weighted by Crippen LogP contribution is -2.55. The Morgan fingerprint density at radius 3 is 1.73 bits per heavy atom. The maximum absolute atomic E-state index is 12.0. The van der Waals surface area contributed by atoms with Gasteiger partial charge in [0.1, 0.15) is 52.3 Å². The van der Waals surface area contributed by atoms with E-state index in [0.717, 1.165) is 18.4 Å². The van der Waals surface area contributed by atoms with E-state index in [1.165, 1.54) is 12.3 Å². The second-order valence-electron chi connectivity index (χ2n) is 12.3. The van der Waals surface area contributed by atoms with E-state index in [2.05, 4.69) is 9.97 Å². The smallest absolute Gasteiger partial charge is 0.410 e. The van der Waals surface area contributed by atoms with Gasteiger partial charge >= 0.3 is 12.2 Å². The molecule has 12 nitrogen and oxygen atoms in total. The number of hydrogen-bond acceptors (Lipinski definition) is 10. The number of rotatable bonds is 7. The minimum absolute atomic E-state index is 0.0202. The van der Waals surface area contributed by atoms with E-state index < -0.39 is 11.2 Å². The van der Waals surface area contributed by atoms with Crippen LogP contribution in [0, 0.1) is 11.3 Å². The molecule has 0 aliphatic carbocycles. The molecule has 2 aliphatic rings. The van der Waals surface area contributed by atoms with Gasteiger partial charge in [0.05, 0.1) is 30.0 Å². The molecule has 2 aromatic rings. The van der Waals surface area contributed by atoms with E-state index in [4.69, 9.17) is 53.1 Å². The number of nitrogens with zero attached hydrogens (tertiary/aromatic N) is 5. The molecule has 2 aliphatic heterocycles. The van der Waals surface area contributed by atoms with Gasteiger partial charge < -0.3 is 34.5 Å². The molecule has 0 unspecified atom stereocenters. The number of aromatic nitrogens is 2. The lowest BCUT2D eigenvalue weighted by molar-refractivity contribution is -0.0149. The van der Waals surface area contributed by atoms with Gasteiger partial charge in [-0.3, -0.25) is 0 Å². The van der Waals surface area contributed by atoms with Gasteiger partial charge in [0.15, 0.2) is 0 Å². The Kier molecular flexibility index (Phi) is 11.9. The SMILES string of the molecule is CC(C)(C)OC(=O)N1CC[C@H]1COc1cnc(Cl)c(C#N)c1.CC(C)(C)OC(=O)N1CC[C@H]1COc1cnc(Cl)c(CN)c1. The van der Waals surface area contributed by atoms with Crippen molar-refractivity contribution in [3.63, 3.8) is 0 Å². The van der Waals surface area contributed by atoms with Crippen molar-refractivity contribution in [2.45, 2.75) is 84.2 Å². The Bertz CT molecular complexity index is 1360. The Hall–Kier alpha value is -3.53. The van der Waals surface area contributed by atoms with Gasteiger partial charge in [-0.25, -0.2) is 19.6 Å². The van der Waals surface area contributed by atoms with Crippen molar-refractivity contribution < 1.29 is 28.5 Å². The lowest BCUT2D eigenvalue weighted by Gasteiger charge is -2.41. The number of carbonyl (C=O) groups is 2. The highest BCUT2D eigenvalue weighted by atomic mass is 35.5. The summed E-state index contributed by atoms with van der Waals surface area (Å²) in [5.74, 6) is 1.05. The van der Waals surface area contributed by atoms with Crippen LogP contribution >= 0.6 is 23.2 Å². The van der Waals surface area contributed by atoms with Gasteiger partial charge in [0.25, 0.3) is 0 Å². The molecule has 2 saturated heterocycles. The van der Waals surface area contributed by atoms with Gasteiger partial charge in [-0.1, -0.05) is 23.2 Å². The summed E-state index contributed by atoms with van der Waals surface area (Å²) in [4.78, 5) is 35.2. The summed E-state index contributed by atoms with van der Waals surface area (Å²) in [6, 6.07) is 5.24. The van der Waals surface area contributed by atoms with Gasteiger partial charge in [0.2, 0.25) is 0 Å². The molecule has 2 fully saturated rings. The standard InChI is InChI=1S/C15H22ClN3O3.C15H18ClN3O3/c2*1-15(2,3)22-14(20)19-5-4-11(19)9-21-12-6-10(7-17)13(16)18-8-12/h6,8,11H,4-5,7,9,17H2,1-3H3;6,8,11H,4-5,9H2,1-3H3/t2*11-/m00/s1. The Morgan fingerprint density at radius 2 is 1.34 bits per heavy atom. The number of hydrogen-bond donors (Lipinski definition) is 1. The highest BCUT2D eigenvalue weighted by Crippen LogP contribution is 2.25. The van der Waals surface area contributed by atoms with Gasteiger partial charge in [-0.05, 0) is 60.5 Å². The second-order valence-corrected chi connectivity index (χ2v) is 13.0. The van der Waals surface area contributed by atoms with Gasteiger partial charge in [-0.15, -0.1) is 0 Å². The molecule has 0 saturated carbocycles. The first-order chi connectivity index (χ1) is 20.6. The topological polar surface area (TPSA) is 153 Å². The number of pyridine rings is 2. The van der Waals surface area contributed by atoms with Crippen molar-refractivity contribution in [2.24, 2.45) is 5.73 Å². The van der Waals surface area contributed by atoms with Crippen LogP contribution in [0.1, 0.15) is 65.5 Å². The van der Waals surface area contributed by atoms with Crippen molar-refractivity contribution in [3.05, 3.63) is 46.0 Å². The zero-order chi connectivity index (χ0) is 32.7. The van der Waals surface area contributed by atoms with Crippen LogP contribution in [-0.2, 0) is 16.0 Å². The van der Waals surface area contributed by atoms with Crippen molar-refractivity contribution in [2.75, 3.05) is 26.3 Å². The van der Waals surface area contributed by atoms with Crippen LogP contribution in [0.15, 0.2) is 24.5 Å². The van der Waals surface area contributed by atoms with Gasteiger partial charge in [-0.2, -0.15) is 5.26 Å².